The number of rotatable bonds is 10. The molecule has 122 valence electrons. The molecule has 0 aromatic heterocycles. The molecule has 2 atom stereocenters. The molecule has 0 fully saturated rings. The number of urea groups is 1. The zero-order valence-electron chi connectivity index (χ0n) is 13.0. The van der Waals surface area contributed by atoms with Crippen molar-refractivity contribution in [2.45, 2.75) is 65.0 Å². The van der Waals surface area contributed by atoms with Crippen LogP contribution in [0.25, 0.3) is 0 Å². The molecule has 0 heterocycles. The molecular formula is C14H27N3O4. The summed E-state index contributed by atoms with van der Waals surface area (Å²) >= 11 is 0. The minimum atomic E-state index is -1.18. The minimum Gasteiger partial charge on any atom is -0.480 e. The molecule has 0 aliphatic rings. The van der Waals surface area contributed by atoms with Crippen molar-refractivity contribution in [1.82, 2.24) is 10.6 Å². The smallest absolute Gasteiger partial charge is 0.326 e. The molecule has 5 N–H and O–H groups in total. The fourth-order valence-electron chi connectivity index (χ4n) is 1.87. The van der Waals surface area contributed by atoms with Gasteiger partial charge in [0.15, 0.2) is 0 Å². The fraction of sp³-hybridized carbons (Fsp3) is 0.786. The maximum absolute atomic E-state index is 11.7. The zero-order valence-corrected chi connectivity index (χ0v) is 13.0. The normalized spacial score (nSPS) is 13.5. The number of carbonyl (C=O) groups excluding carboxylic acids is 2. The topological polar surface area (TPSA) is 122 Å². The second kappa shape index (κ2) is 10.0. The van der Waals surface area contributed by atoms with Gasteiger partial charge in [0.05, 0.1) is 0 Å². The van der Waals surface area contributed by atoms with E-state index in [-0.39, 0.29) is 18.9 Å². The van der Waals surface area contributed by atoms with Crippen molar-refractivity contribution < 1.29 is 19.5 Å². The molecule has 0 bridgehead atoms. The van der Waals surface area contributed by atoms with Crippen LogP contribution in [0.4, 0.5) is 4.79 Å². The van der Waals surface area contributed by atoms with Gasteiger partial charge in [-0.3, -0.25) is 4.79 Å². The van der Waals surface area contributed by atoms with Crippen molar-refractivity contribution in [3.63, 3.8) is 0 Å². The van der Waals surface area contributed by atoms with Crippen molar-refractivity contribution in [2.75, 3.05) is 0 Å². The van der Waals surface area contributed by atoms with E-state index >= 15 is 0 Å². The summed E-state index contributed by atoms with van der Waals surface area (Å²) in [5.74, 6) is -1.15. The maximum Gasteiger partial charge on any atom is 0.326 e. The van der Waals surface area contributed by atoms with Gasteiger partial charge in [-0.05, 0) is 25.7 Å². The number of nitrogens with two attached hydrogens (primary N) is 1. The molecule has 0 aliphatic carbocycles. The monoisotopic (exact) mass is 301 g/mol. The van der Waals surface area contributed by atoms with Crippen LogP contribution in [0, 0.1) is 5.92 Å². The maximum atomic E-state index is 11.7. The average molecular weight is 301 g/mol. The first-order valence-electron chi connectivity index (χ1n) is 7.30. The quantitative estimate of drug-likeness (QED) is 0.484. The molecule has 0 aromatic rings. The number of carboxylic acid groups (broad SMARTS) is 1. The Kier molecular flexibility index (Phi) is 9.16. The lowest BCUT2D eigenvalue weighted by Gasteiger charge is -2.18. The van der Waals surface area contributed by atoms with Gasteiger partial charge in [0.25, 0.3) is 0 Å². The van der Waals surface area contributed by atoms with E-state index in [4.69, 9.17) is 10.8 Å². The summed E-state index contributed by atoms with van der Waals surface area (Å²) in [7, 11) is 0. The van der Waals surface area contributed by atoms with E-state index in [1.165, 1.54) is 0 Å². The first kappa shape index (κ1) is 19.2. The van der Waals surface area contributed by atoms with Crippen molar-refractivity contribution in [1.29, 1.82) is 0 Å². The second-order valence-electron chi connectivity index (χ2n) is 5.74. The molecule has 0 aromatic carbocycles. The van der Waals surface area contributed by atoms with Gasteiger partial charge in [-0.1, -0.05) is 26.7 Å². The predicted octanol–water partition coefficient (Wildman–Crippen LogP) is 1.22. The first-order chi connectivity index (χ1) is 9.72. The molecule has 0 radical (unpaired) electrons. The van der Waals surface area contributed by atoms with Crippen LogP contribution in [0.2, 0.25) is 0 Å². The highest BCUT2D eigenvalue weighted by molar-refractivity contribution is 5.83. The van der Waals surface area contributed by atoms with Crippen LogP contribution in [0.5, 0.6) is 0 Å². The van der Waals surface area contributed by atoms with Crippen LogP contribution in [-0.2, 0) is 9.59 Å². The van der Waals surface area contributed by atoms with E-state index in [0.29, 0.717) is 5.92 Å². The molecule has 21 heavy (non-hydrogen) atoms. The Labute approximate surface area is 125 Å². The van der Waals surface area contributed by atoms with Crippen LogP contribution in [0.3, 0.4) is 0 Å². The van der Waals surface area contributed by atoms with Crippen molar-refractivity contribution in [2.24, 2.45) is 11.7 Å². The van der Waals surface area contributed by atoms with Crippen molar-refractivity contribution in [3.05, 3.63) is 0 Å². The number of hydrogen-bond acceptors (Lipinski definition) is 3. The third-order valence-corrected chi connectivity index (χ3v) is 3.08. The molecule has 0 saturated carbocycles. The standard InChI is InChI=1S/C14H27N3O4/c1-9(2)5-4-6-10(3)16-14(21)17-11(13(19)20)7-8-12(15)18/h9-11H,4-8H2,1-3H3,(H2,15,18)(H,19,20)(H2,16,17,21)/t10?,11-/m1/s1. The summed E-state index contributed by atoms with van der Waals surface area (Å²) in [6.45, 7) is 6.15. The molecule has 0 saturated heterocycles. The van der Waals surface area contributed by atoms with Gasteiger partial charge in [0.2, 0.25) is 5.91 Å². The Hall–Kier alpha value is -1.79. The SMILES string of the molecule is CC(C)CCCC(C)NC(=O)N[C@H](CCC(N)=O)C(=O)O. The van der Waals surface area contributed by atoms with Gasteiger partial charge >= 0.3 is 12.0 Å². The minimum absolute atomic E-state index is 0.0141. The summed E-state index contributed by atoms with van der Waals surface area (Å²) in [5, 5.41) is 14.0. The Morgan fingerprint density at radius 1 is 1.05 bits per heavy atom. The van der Waals surface area contributed by atoms with Crippen LogP contribution < -0.4 is 16.4 Å². The summed E-state index contributed by atoms with van der Waals surface area (Å²) in [4.78, 5) is 33.4. The zero-order chi connectivity index (χ0) is 16.4. The lowest BCUT2D eigenvalue weighted by atomic mass is 10.0. The Balaban J connectivity index is 4.12. The van der Waals surface area contributed by atoms with Gasteiger partial charge in [0.1, 0.15) is 6.04 Å². The number of amides is 3. The van der Waals surface area contributed by atoms with Gasteiger partial charge < -0.3 is 21.5 Å². The van der Waals surface area contributed by atoms with Crippen LogP contribution in [-0.4, -0.2) is 35.1 Å². The summed E-state index contributed by atoms with van der Waals surface area (Å²) in [5.41, 5.74) is 4.97. The Morgan fingerprint density at radius 2 is 1.67 bits per heavy atom. The molecule has 7 heteroatoms. The molecule has 0 spiro atoms. The highest BCUT2D eigenvalue weighted by atomic mass is 16.4. The predicted molar refractivity (Wildman–Crippen MR) is 79.7 cm³/mol. The molecule has 0 rings (SSSR count). The van der Waals surface area contributed by atoms with E-state index in [9.17, 15) is 14.4 Å². The molecular weight excluding hydrogens is 274 g/mol. The average Bonchev–Trinajstić information content (AvgIpc) is 2.33. The summed E-state index contributed by atoms with van der Waals surface area (Å²) in [6.07, 6.45) is 2.83. The lowest BCUT2D eigenvalue weighted by Crippen LogP contribution is -2.48. The van der Waals surface area contributed by atoms with Gasteiger partial charge in [-0.25, -0.2) is 9.59 Å². The number of nitrogens with one attached hydrogen (secondary N) is 2. The van der Waals surface area contributed by atoms with E-state index in [1.54, 1.807) is 0 Å². The van der Waals surface area contributed by atoms with Crippen molar-refractivity contribution >= 4 is 17.9 Å². The highest BCUT2D eigenvalue weighted by Crippen LogP contribution is 2.08. The number of hydrogen-bond donors (Lipinski definition) is 4. The third-order valence-electron chi connectivity index (χ3n) is 3.08. The molecule has 1 unspecified atom stereocenters. The number of primary amides is 1. The molecule has 3 amide bonds. The van der Waals surface area contributed by atoms with Crippen LogP contribution >= 0.6 is 0 Å². The van der Waals surface area contributed by atoms with Crippen LogP contribution in [0.1, 0.15) is 52.9 Å². The summed E-state index contributed by atoms with van der Waals surface area (Å²) < 4.78 is 0. The van der Waals surface area contributed by atoms with E-state index < -0.39 is 23.9 Å². The largest absolute Gasteiger partial charge is 0.480 e. The highest BCUT2D eigenvalue weighted by Gasteiger charge is 2.21. The van der Waals surface area contributed by atoms with E-state index in [2.05, 4.69) is 24.5 Å². The van der Waals surface area contributed by atoms with Gasteiger partial charge in [-0.2, -0.15) is 0 Å². The van der Waals surface area contributed by atoms with E-state index in [0.717, 1.165) is 19.3 Å². The lowest BCUT2D eigenvalue weighted by molar-refractivity contribution is -0.139. The Bertz CT molecular complexity index is 358. The molecule has 7 nitrogen and oxygen atoms in total. The fourth-order valence-corrected chi connectivity index (χ4v) is 1.87. The molecule has 0 aliphatic heterocycles. The van der Waals surface area contributed by atoms with Crippen molar-refractivity contribution in [3.8, 4) is 0 Å². The number of carboxylic acids is 1. The Morgan fingerprint density at radius 3 is 2.14 bits per heavy atom. The van der Waals surface area contributed by atoms with E-state index in [1.807, 2.05) is 6.92 Å². The van der Waals surface area contributed by atoms with Crippen LogP contribution in [0.15, 0.2) is 0 Å². The third kappa shape index (κ3) is 10.6. The summed E-state index contributed by atoms with van der Waals surface area (Å²) in [6, 6.07) is -1.68. The van der Waals surface area contributed by atoms with Gasteiger partial charge in [-0.15, -0.1) is 0 Å². The van der Waals surface area contributed by atoms with Gasteiger partial charge in [0, 0.05) is 12.5 Å². The first-order valence-corrected chi connectivity index (χ1v) is 7.30. The number of carbonyl (C=O) groups is 3. The second-order valence-corrected chi connectivity index (χ2v) is 5.74. The number of aliphatic carboxylic acids is 1.